The maximum atomic E-state index is 12.1. The van der Waals surface area contributed by atoms with Gasteiger partial charge in [0.1, 0.15) is 0 Å². The molecule has 7 heteroatoms. The topological polar surface area (TPSA) is 89.5 Å². The Kier molecular flexibility index (Phi) is 5.91. The van der Waals surface area contributed by atoms with Crippen LogP contribution in [0.4, 0.5) is 5.69 Å². The molecule has 0 heterocycles. The van der Waals surface area contributed by atoms with E-state index >= 15 is 0 Å². The fraction of sp³-hybridized carbons (Fsp3) is 0.300. The van der Waals surface area contributed by atoms with Gasteiger partial charge in [0, 0.05) is 5.69 Å². The molecule has 1 aliphatic rings. The Morgan fingerprint density at radius 1 is 1.00 bits per heavy atom. The van der Waals surface area contributed by atoms with Gasteiger partial charge in [0.2, 0.25) is 0 Å². The minimum absolute atomic E-state index is 0.159. The van der Waals surface area contributed by atoms with E-state index in [-0.39, 0.29) is 17.1 Å². The van der Waals surface area contributed by atoms with E-state index in [4.69, 9.17) is 4.74 Å². The molecule has 142 valence electrons. The third-order valence-corrected chi connectivity index (χ3v) is 6.16. The van der Waals surface area contributed by atoms with E-state index in [1.807, 2.05) is 18.2 Å². The Morgan fingerprint density at radius 3 is 2.52 bits per heavy atom. The van der Waals surface area contributed by atoms with Crippen molar-refractivity contribution in [3.05, 3.63) is 59.7 Å². The highest BCUT2D eigenvalue weighted by atomic mass is 32.2. The number of fused-ring (bicyclic) bond motifs is 1. The lowest BCUT2D eigenvalue weighted by Gasteiger charge is -2.08. The van der Waals surface area contributed by atoms with E-state index in [1.54, 1.807) is 18.2 Å². The fourth-order valence-corrected chi connectivity index (χ4v) is 4.27. The Hall–Kier alpha value is -2.67. The van der Waals surface area contributed by atoms with Gasteiger partial charge in [-0.1, -0.05) is 24.3 Å². The van der Waals surface area contributed by atoms with Crippen LogP contribution in [0.25, 0.3) is 0 Å². The molecule has 3 rings (SSSR count). The van der Waals surface area contributed by atoms with Gasteiger partial charge in [0.05, 0.1) is 17.1 Å². The first-order valence-electron chi connectivity index (χ1n) is 8.79. The second kappa shape index (κ2) is 8.35. The summed E-state index contributed by atoms with van der Waals surface area (Å²) in [6.45, 7) is -0.443. The van der Waals surface area contributed by atoms with Crippen molar-refractivity contribution in [3.63, 3.8) is 0 Å². The number of carbonyl (C=O) groups is 2. The van der Waals surface area contributed by atoms with Crippen LogP contribution in [0.2, 0.25) is 0 Å². The molecular weight excluding hydrogens is 366 g/mol. The lowest BCUT2D eigenvalue weighted by atomic mass is 10.1. The smallest absolute Gasteiger partial charge is 0.307 e. The number of amides is 1. The molecule has 0 saturated carbocycles. The van der Waals surface area contributed by atoms with Gasteiger partial charge in [-0.3, -0.25) is 9.59 Å². The van der Waals surface area contributed by atoms with Crippen molar-refractivity contribution in [2.45, 2.75) is 30.6 Å². The van der Waals surface area contributed by atoms with E-state index in [0.717, 1.165) is 19.3 Å². The number of nitrogens with one attached hydrogen (secondary N) is 1. The molecule has 0 bridgehead atoms. The number of anilines is 1. The van der Waals surface area contributed by atoms with Crippen molar-refractivity contribution in [3.8, 4) is 0 Å². The lowest BCUT2D eigenvalue weighted by molar-refractivity contribution is -0.146. The van der Waals surface area contributed by atoms with Gasteiger partial charge in [0.15, 0.2) is 16.4 Å². The van der Waals surface area contributed by atoms with Gasteiger partial charge in [-0.2, -0.15) is 0 Å². The molecule has 6 nitrogen and oxygen atoms in total. The first-order chi connectivity index (χ1) is 12.9. The molecule has 0 radical (unpaired) electrons. The number of sulfone groups is 1. The molecule has 27 heavy (non-hydrogen) atoms. The van der Waals surface area contributed by atoms with E-state index in [1.165, 1.54) is 23.3 Å². The maximum Gasteiger partial charge on any atom is 0.307 e. The molecule has 0 spiro atoms. The van der Waals surface area contributed by atoms with Gasteiger partial charge in [-0.15, -0.1) is 0 Å². The van der Waals surface area contributed by atoms with Crippen LogP contribution in [-0.2, 0) is 37.0 Å². The third kappa shape index (κ3) is 5.17. The predicted molar refractivity (Wildman–Crippen MR) is 101 cm³/mol. The largest absolute Gasteiger partial charge is 0.456 e. The Morgan fingerprint density at radius 2 is 1.74 bits per heavy atom. The Bertz CT molecular complexity index is 938. The number of hydrogen-bond donors (Lipinski definition) is 1. The second-order valence-electron chi connectivity index (χ2n) is 6.43. The zero-order valence-electron chi connectivity index (χ0n) is 14.8. The van der Waals surface area contributed by atoms with Gasteiger partial charge in [0.25, 0.3) is 5.91 Å². The molecule has 2 aromatic carbocycles. The number of rotatable bonds is 7. The highest BCUT2D eigenvalue weighted by molar-refractivity contribution is 7.91. The molecule has 1 N–H and O–H groups in total. The molecule has 1 amide bonds. The highest BCUT2D eigenvalue weighted by Crippen LogP contribution is 2.24. The SMILES string of the molecule is O=C(COC(=O)CCS(=O)(=O)c1ccccc1)Nc1ccc2c(c1)CCC2. The van der Waals surface area contributed by atoms with E-state index < -0.39 is 28.3 Å². The molecule has 0 unspecified atom stereocenters. The summed E-state index contributed by atoms with van der Waals surface area (Å²) in [6.07, 6.45) is 2.89. The number of ether oxygens (including phenoxy) is 1. The minimum Gasteiger partial charge on any atom is -0.456 e. The zero-order chi connectivity index (χ0) is 19.3. The fourth-order valence-electron chi connectivity index (χ4n) is 3.03. The summed E-state index contributed by atoms with van der Waals surface area (Å²) < 4.78 is 29.1. The normalized spacial score (nSPS) is 13.0. The summed E-state index contributed by atoms with van der Waals surface area (Å²) in [7, 11) is -3.55. The predicted octanol–water partition coefficient (Wildman–Crippen LogP) is 2.52. The second-order valence-corrected chi connectivity index (χ2v) is 8.54. The number of aryl methyl sites for hydroxylation is 2. The number of carbonyl (C=O) groups excluding carboxylic acids is 2. The average molecular weight is 387 g/mol. The summed E-state index contributed by atoms with van der Waals surface area (Å²) in [6, 6.07) is 13.7. The standard InChI is InChI=1S/C20H21NO5S/c22-19(21-17-10-9-15-5-4-6-16(15)13-17)14-26-20(23)11-12-27(24,25)18-7-2-1-3-8-18/h1-3,7-10,13H,4-6,11-12,14H2,(H,21,22). The van der Waals surface area contributed by atoms with Crippen molar-refractivity contribution in [2.75, 3.05) is 17.7 Å². The van der Waals surface area contributed by atoms with Crippen molar-refractivity contribution < 1.29 is 22.7 Å². The van der Waals surface area contributed by atoms with E-state index in [0.29, 0.717) is 5.69 Å². The van der Waals surface area contributed by atoms with E-state index in [9.17, 15) is 18.0 Å². The summed E-state index contributed by atoms with van der Waals surface area (Å²) in [5.41, 5.74) is 3.21. The Balaban J connectivity index is 1.44. The van der Waals surface area contributed by atoms with Crippen LogP contribution in [0.1, 0.15) is 24.0 Å². The van der Waals surface area contributed by atoms with Crippen LogP contribution < -0.4 is 5.32 Å². The number of esters is 1. The lowest BCUT2D eigenvalue weighted by Crippen LogP contribution is -2.22. The van der Waals surface area contributed by atoms with Gasteiger partial charge in [-0.05, 0) is 54.7 Å². The van der Waals surface area contributed by atoms with Gasteiger partial charge >= 0.3 is 5.97 Å². The van der Waals surface area contributed by atoms with Crippen molar-refractivity contribution in [2.24, 2.45) is 0 Å². The maximum absolute atomic E-state index is 12.1. The van der Waals surface area contributed by atoms with Crippen molar-refractivity contribution in [1.82, 2.24) is 0 Å². The zero-order valence-corrected chi connectivity index (χ0v) is 15.6. The minimum atomic E-state index is -3.55. The molecular formula is C20H21NO5S. The monoisotopic (exact) mass is 387 g/mol. The molecule has 0 saturated heterocycles. The summed E-state index contributed by atoms with van der Waals surface area (Å²) in [5.74, 6) is -1.53. The summed E-state index contributed by atoms with van der Waals surface area (Å²) in [5, 5.41) is 2.69. The molecule has 1 aliphatic carbocycles. The van der Waals surface area contributed by atoms with E-state index in [2.05, 4.69) is 5.32 Å². The van der Waals surface area contributed by atoms with Crippen molar-refractivity contribution in [1.29, 1.82) is 0 Å². The quantitative estimate of drug-likeness (QED) is 0.738. The third-order valence-electron chi connectivity index (χ3n) is 4.42. The van der Waals surface area contributed by atoms with Crippen LogP contribution in [0, 0.1) is 0 Å². The van der Waals surface area contributed by atoms with Crippen molar-refractivity contribution >= 4 is 27.4 Å². The van der Waals surface area contributed by atoms with Crippen LogP contribution in [-0.4, -0.2) is 32.7 Å². The highest BCUT2D eigenvalue weighted by Gasteiger charge is 2.17. The van der Waals surface area contributed by atoms with Crippen LogP contribution >= 0.6 is 0 Å². The van der Waals surface area contributed by atoms with Crippen LogP contribution in [0.5, 0.6) is 0 Å². The van der Waals surface area contributed by atoms with Gasteiger partial charge < -0.3 is 10.1 Å². The Labute approximate surface area is 158 Å². The molecule has 0 atom stereocenters. The molecule has 0 aromatic heterocycles. The van der Waals surface area contributed by atoms with Crippen LogP contribution in [0.15, 0.2) is 53.4 Å². The van der Waals surface area contributed by atoms with Crippen LogP contribution in [0.3, 0.4) is 0 Å². The molecule has 0 aliphatic heterocycles. The summed E-state index contributed by atoms with van der Waals surface area (Å²) in [4.78, 5) is 23.9. The molecule has 2 aromatic rings. The number of benzene rings is 2. The first kappa shape index (κ1) is 19.1. The molecule has 0 fully saturated rings. The average Bonchev–Trinajstić information content (AvgIpc) is 3.13. The van der Waals surface area contributed by atoms with Gasteiger partial charge in [-0.25, -0.2) is 8.42 Å². The summed E-state index contributed by atoms with van der Waals surface area (Å²) >= 11 is 0. The first-order valence-corrected chi connectivity index (χ1v) is 10.4. The number of hydrogen-bond acceptors (Lipinski definition) is 5.